The summed E-state index contributed by atoms with van der Waals surface area (Å²) in [4.78, 5) is 22.8. The second kappa shape index (κ2) is 12.7. The van der Waals surface area contributed by atoms with Gasteiger partial charge in [-0.15, -0.1) is 11.3 Å². The molecule has 0 aliphatic heterocycles. The number of sulfonamides is 1. The Bertz CT molecular complexity index is 1890. The van der Waals surface area contributed by atoms with Crippen LogP contribution in [0.2, 0.25) is 0 Å². The third-order valence-corrected chi connectivity index (χ3v) is 10.3. The maximum atomic E-state index is 13.5. The summed E-state index contributed by atoms with van der Waals surface area (Å²) < 4.78 is 36.4. The molecule has 0 atom stereocenters. The largest absolute Gasteiger partial charge is 0.449 e. The van der Waals surface area contributed by atoms with Crippen LogP contribution in [0.4, 0.5) is 4.79 Å². The third-order valence-electron chi connectivity index (χ3n) is 7.32. The molecule has 0 radical (unpaired) electrons. The number of nitrogens with zero attached hydrogens (tertiary/aromatic N) is 3. The molecule has 224 valence electrons. The number of imidazole rings is 1. The van der Waals surface area contributed by atoms with Gasteiger partial charge < -0.3 is 9.30 Å². The minimum Gasteiger partial charge on any atom is -0.449 e. The molecular weight excluding hydrogens is 581 g/mol. The number of pyridine rings is 1. The number of carbonyl (C=O) groups is 1. The highest BCUT2D eigenvalue weighted by Crippen LogP contribution is 2.41. The van der Waals surface area contributed by atoms with E-state index in [0.29, 0.717) is 18.5 Å². The fourth-order valence-electron chi connectivity index (χ4n) is 5.11. The Morgan fingerprint density at radius 1 is 0.953 bits per heavy atom. The maximum absolute atomic E-state index is 13.5. The molecule has 1 amide bonds. The zero-order valence-electron chi connectivity index (χ0n) is 25.1. The van der Waals surface area contributed by atoms with Gasteiger partial charge in [-0.3, -0.25) is 0 Å². The normalized spacial score (nSPS) is 11.7. The summed E-state index contributed by atoms with van der Waals surface area (Å²) in [6.45, 7) is 10.8. The van der Waals surface area contributed by atoms with Gasteiger partial charge in [0, 0.05) is 22.6 Å². The minimum atomic E-state index is -4.19. The predicted octanol–water partition coefficient (Wildman–Crippen LogP) is 7.58. The first-order valence-corrected chi connectivity index (χ1v) is 16.7. The fraction of sp³-hybridized carbons (Fsp3) is 0.303. The van der Waals surface area contributed by atoms with Crippen LogP contribution in [0.3, 0.4) is 0 Å². The van der Waals surface area contributed by atoms with Gasteiger partial charge in [-0.05, 0) is 67.1 Å². The maximum Gasteiger partial charge on any atom is 0.421 e. The number of aryl methyl sites for hydroxylation is 4. The van der Waals surface area contributed by atoms with Crippen molar-refractivity contribution in [3.63, 3.8) is 0 Å². The zero-order chi connectivity index (χ0) is 30.7. The van der Waals surface area contributed by atoms with Gasteiger partial charge >= 0.3 is 6.09 Å². The van der Waals surface area contributed by atoms with Crippen molar-refractivity contribution in [2.24, 2.45) is 0 Å². The predicted molar refractivity (Wildman–Crippen MR) is 172 cm³/mol. The van der Waals surface area contributed by atoms with Crippen LogP contribution in [-0.2, 0) is 27.7 Å². The molecule has 10 heteroatoms. The topological polar surface area (TPSA) is 103 Å². The number of benzene rings is 2. The number of amides is 1. The number of nitrogens with one attached hydrogen (secondary N) is 1. The van der Waals surface area contributed by atoms with Crippen LogP contribution in [0.5, 0.6) is 0 Å². The number of rotatable bonds is 10. The van der Waals surface area contributed by atoms with E-state index in [1.54, 1.807) is 0 Å². The number of ether oxygens (including phenoxy) is 1. The van der Waals surface area contributed by atoms with E-state index in [4.69, 9.17) is 14.7 Å². The number of unbranched alkanes of at least 4 members (excludes halogenated alkanes) is 1. The van der Waals surface area contributed by atoms with Crippen LogP contribution < -0.4 is 4.72 Å². The quantitative estimate of drug-likeness (QED) is 0.162. The second-order valence-corrected chi connectivity index (χ2v) is 13.6. The molecule has 0 aliphatic carbocycles. The molecule has 5 aromatic rings. The van der Waals surface area contributed by atoms with Crippen molar-refractivity contribution in [2.75, 3.05) is 6.61 Å². The van der Waals surface area contributed by atoms with E-state index < -0.39 is 16.1 Å². The van der Waals surface area contributed by atoms with Crippen molar-refractivity contribution in [3.8, 4) is 21.6 Å². The lowest BCUT2D eigenvalue weighted by molar-refractivity contribution is 0.151. The summed E-state index contributed by atoms with van der Waals surface area (Å²) in [6, 6.07) is 19.6. The fourth-order valence-corrected chi connectivity index (χ4v) is 7.78. The summed E-state index contributed by atoms with van der Waals surface area (Å²) >= 11 is 1.14. The molecule has 0 bridgehead atoms. The van der Waals surface area contributed by atoms with E-state index in [-0.39, 0.29) is 10.8 Å². The van der Waals surface area contributed by atoms with Gasteiger partial charge in [0.15, 0.2) is 5.65 Å². The standard InChI is InChI=1S/C33H36N4O4S2/c1-6-8-17-41-33(38)36-43(39,40)32-27(19-28(42-32)26-12-10-9-11-21(26)3)25-15-13-24(14-16-25)20-37-29(7-2)35-30-22(4)18-23(5)34-31(30)37/h9-16,18-19H,6-8,17,20H2,1-5H3,(H,36,38). The summed E-state index contributed by atoms with van der Waals surface area (Å²) in [7, 11) is -4.19. The number of thiophene rings is 1. The van der Waals surface area contributed by atoms with Crippen LogP contribution in [0.1, 0.15) is 54.9 Å². The van der Waals surface area contributed by atoms with Crippen molar-refractivity contribution in [3.05, 3.63) is 88.9 Å². The van der Waals surface area contributed by atoms with Gasteiger partial charge in [-0.1, -0.05) is 68.8 Å². The Kier molecular flexibility index (Phi) is 8.98. The summed E-state index contributed by atoms with van der Waals surface area (Å²) in [5, 5.41) is 0. The van der Waals surface area contributed by atoms with E-state index >= 15 is 0 Å². The Balaban J connectivity index is 1.51. The van der Waals surface area contributed by atoms with E-state index in [1.165, 1.54) is 0 Å². The Morgan fingerprint density at radius 2 is 1.70 bits per heavy atom. The van der Waals surface area contributed by atoms with Gasteiger partial charge in [-0.2, -0.15) is 0 Å². The van der Waals surface area contributed by atoms with Crippen molar-refractivity contribution in [1.29, 1.82) is 0 Å². The Morgan fingerprint density at radius 3 is 2.40 bits per heavy atom. The van der Waals surface area contributed by atoms with Gasteiger partial charge in [0.05, 0.1) is 13.2 Å². The number of fused-ring (bicyclic) bond motifs is 1. The monoisotopic (exact) mass is 616 g/mol. The SMILES string of the molecule is CCCCOC(=O)NS(=O)(=O)c1sc(-c2ccccc2C)cc1-c1ccc(Cn2c(CC)nc3c(C)cc(C)nc32)cc1. The first-order valence-electron chi connectivity index (χ1n) is 14.4. The smallest absolute Gasteiger partial charge is 0.421 e. The molecule has 0 fully saturated rings. The average Bonchev–Trinajstić information content (AvgIpc) is 3.57. The van der Waals surface area contributed by atoms with Crippen LogP contribution in [0.15, 0.2) is 64.9 Å². The summed E-state index contributed by atoms with van der Waals surface area (Å²) in [6.07, 6.45) is 1.29. The molecule has 3 aromatic heterocycles. The average molecular weight is 617 g/mol. The molecule has 3 heterocycles. The van der Waals surface area contributed by atoms with Crippen LogP contribution >= 0.6 is 11.3 Å². The minimum absolute atomic E-state index is 0.0648. The molecule has 43 heavy (non-hydrogen) atoms. The molecule has 1 N–H and O–H groups in total. The van der Waals surface area contributed by atoms with Crippen molar-refractivity contribution < 1.29 is 17.9 Å². The van der Waals surface area contributed by atoms with Crippen LogP contribution in [0.25, 0.3) is 32.7 Å². The molecule has 0 saturated heterocycles. The molecule has 0 saturated carbocycles. The van der Waals surface area contributed by atoms with Gasteiger partial charge in [-0.25, -0.2) is 27.9 Å². The first-order chi connectivity index (χ1) is 20.6. The Hall–Kier alpha value is -4.02. The first kappa shape index (κ1) is 30.4. The molecule has 0 unspecified atom stereocenters. The van der Waals surface area contributed by atoms with Crippen LogP contribution in [0, 0.1) is 20.8 Å². The summed E-state index contributed by atoms with van der Waals surface area (Å²) in [5.74, 6) is 0.964. The number of aromatic nitrogens is 3. The summed E-state index contributed by atoms with van der Waals surface area (Å²) in [5.41, 5.74) is 8.09. The number of hydrogen-bond donors (Lipinski definition) is 1. The van der Waals surface area contributed by atoms with Gasteiger partial charge in [0.2, 0.25) is 0 Å². The van der Waals surface area contributed by atoms with Crippen molar-refractivity contribution in [2.45, 2.75) is 64.6 Å². The van der Waals surface area contributed by atoms with Gasteiger partial charge in [0.25, 0.3) is 10.0 Å². The van der Waals surface area contributed by atoms with Gasteiger partial charge in [0.1, 0.15) is 15.6 Å². The highest BCUT2D eigenvalue weighted by Gasteiger charge is 2.27. The second-order valence-electron chi connectivity index (χ2n) is 10.6. The van der Waals surface area contributed by atoms with Crippen molar-refractivity contribution >= 4 is 38.6 Å². The highest BCUT2D eigenvalue weighted by molar-refractivity contribution is 7.92. The molecule has 0 aliphatic rings. The van der Waals surface area contributed by atoms with Crippen LogP contribution in [-0.4, -0.2) is 35.7 Å². The lowest BCUT2D eigenvalue weighted by atomic mass is 10.0. The van der Waals surface area contributed by atoms with E-state index in [2.05, 4.69) is 23.1 Å². The highest BCUT2D eigenvalue weighted by atomic mass is 32.2. The Labute approximate surface area is 256 Å². The zero-order valence-corrected chi connectivity index (χ0v) is 26.7. The lowest BCUT2D eigenvalue weighted by Gasteiger charge is -2.11. The van der Waals surface area contributed by atoms with E-state index in [9.17, 15) is 13.2 Å². The molecule has 0 spiro atoms. The third kappa shape index (κ3) is 6.50. The van der Waals surface area contributed by atoms with E-state index in [0.717, 1.165) is 79.6 Å². The molecule has 8 nitrogen and oxygen atoms in total. The van der Waals surface area contributed by atoms with Crippen molar-refractivity contribution in [1.82, 2.24) is 19.3 Å². The lowest BCUT2D eigenvalue weighted by Crippen LogP contribution is -2.31. The molecule has 2 aromatic carbocycles. The molecule has 5 rings (SSSR count). The number of hydrogen-bond acceptors (Lipinski definition) is 7. The number of carbonyl (C=O) groups excluding carboxylic acids is 1. The molecular formula is C33H36N4O4S2. The van der Waals surface area contributed by atoms with E-state index in [1.807, 2.05) is 81.4 Å².